The van der Waals surface area contributed by atoms with Crippen LogP contribution in [0.2, 0.25) is 0 Å². The van der Waals surface area contributed by atoms with Gasteiger partial charge < -0.3 is 5.11 Å². The lowest BCUT2D eigenvalue weighted by atomic mass is 10.2. The Kier molecular flexibility index (Phi) is 2.29. The second-order valence-corrected chi connectivity index (χ2v) is 2.73. The Morgan fingerprint density at radius 3 is 2.18 bits per heavy atom. The van der Waals surface area contributed by atoms with Crippen LogP contribution in [0, 0.1) is 0 Å². The van der Waals surface area contributed by atoms with E-state index in [2.05, 4.69) is 0 Å². The number of carbonyl (C=O) groups is 2. The summed E-state index contributed by atoms with van der Waals surface area (Å²) in [5.74, 6) is -1.02. The fraction of sp³-hybridized carbons (Fsp3) is 0.429. The van der Waals surface area contributed by atoms with E-state index in [1.54, 1.807) is 0 Å². The van der Waals surface area contributed by atoms with Gasteiger partial charge in [0.25, 0.3) is 0 Å². The highest BCUT2D eigenvalue weighted by Gasteiger charge is 2.23. The fourth-order valence-corrected chi connectivity index (χ4v) is 1.41. The van der Waals surface area contributed by atoms with E-state index in [0.29, 0.717) is 12.8 Å². The summed E-state index contributed by atoms with van der Waals surface area (Å²) in [6, 6.07) is 0. The van der Waals surface area contributed by atoms with Crippen LogP contribution >= 0.6 is 11.6 Å². The predicted molar refractivity (Wildman–Crippen MR) is 39.4 cm³/mol. The van der Waals surface area contributed by atoms with Crippen LogP contribution in [0.5, 0.6) is 0 Å². The molecule has 0 atom stereocenters. The third kappa shape index (κ3) is 1.60. The average Bonchev–Trinajstić information content (AvgIpc) is 2.32. The maximum atomic E-state index is 10.6. The standard InChI is InChI=1S/C7H7ClO3/c8-6(9)4-2-1-3-5(4)7(10)11/h1-3H2,(H,10,11). The van der Waals surface area contributed by atoms with Gasteiger partial charge in [0.05, 0.1) is 0 Å². The van der Waals surface area contributed by atoms with E-state index < -0.39 is 11.2 Å². The minimum Gasteiger partial charge on any atom is -0.478 e. The zero-order valence-electron chi connectivity index (χ0n) is 5.76. The van der Waals surface area contributed by atoms with Crippen LogP contribution in [0.25, 0.3) is 0 Å². The first-order valence-electron chi connectivity index (χ1n) is 3.28. The second-order valence-electron chi connectivity index (χ2n) is 2.39. The van der Waals surface area contributed by atoms with Crippen LogP contribution in [-0.2, 0) is 9.59 Å². The highest BCUT2D eigenvalue weighted by molar-refractivity contribution is 6.68. The third-order valence-electron chi connectivity index (χ3n) is 1.71. The van der Waals surface area contributed by atoms with Crippen molar-refractivity contribution in [1.29, 1.82) is 0 Å². The van der Waals surface area contributed by atoms with Crippen molar-refractivity contribution in [2.75, 3.05) is 0 Å². The van der Waals surface area contributed by atoms with Gasteiger partial charge in [-0.2, -0.15) is 0 Å². The molecule has 0 aromatic heterocycles. The maximum absolute atomic E-state index is 10.6. The number of hydrogen-bond donors (Lipinski definition) is 1. The first-order valence-corrected chi connectivity index (χ1v) is 3.66. The molecule has 0 aliphatic heterocycles. The van der Waals surface area contributed by atoms with Crippen LogP contribution in [0.3, 0.4) is 0 Å². The first-order chi connectivity index (χ1) is 5.13. The van der Waals surface area contributed by atoms with Crippen LogP contribution in [0.1, 0.15) is 19.3 Å². The summed E-state index contributed by atoms with van der Waals surface area (Å²) >= 11 is 5.16. The fourth-order valence-electron chi connectivity index (χ4n) is 1.20. The molecule has 60 valence electrons. The van der Waals surface area contributed by atoms with Crippen molar-refractivity contribution in [3.05, 3.63) is 11.1 Å². The molecular weight excluding hydrogens is 168 g/mol. The summed E-state index contributed by atoms with van der Waals surface area (Å²) < 4.78 is 0. The molecule has 0 aromatic rings. The number of allylic oxidation sites excluding steroid dienone is 1. The van der Waals surface area contributed by atoms with Crippen LogP contribution in [-0.4, -0.2) is 16.3 Å². The number of aliphatic carboxylic acids is 1. The van der Waals surface area contributed by atoms with Crippen LogP contribution in [0.4, 0.5) is 0 Å². The van der Waals surface area contributed by atoms with Gasteiger partial charge in [0.2, 0.25) is 5.24 Å². The number of carbonyl (C=O) groups excluding carboxylic acids is 1. The zero-order chi connectivity index (χ0) is 8.43. The molecule has 3 nitrogen and oxygen atoms in total. The zero-order valence-corrected chi connectivity index (χ0v) is 6.52. The van der Waals surface area contributed by atoms with Gasteiger partial charge >= 0.3 is 5.97 Å². The topological polar surface area (TPSA) is 54.4 Å². The summed E-state index contributed by atoms with van der Waals surface area (Å²) in [6.07, 6.45) is 1.68. The summed E-state index contributed by atoms with van der Waals surface area (Å²) in [5.41, 5.74) is 0.462. The Morgan fingerprint density at radius 2 is 1.82 bits per heavy atom. The van der Waals surface area contributed by atoms with E-state index in [4.69, 9.17) is 16.7 Å². The molecule has 0 bridgehead atoms. The van der Waals surface area contributed by atoms with E-state index >= 15 is 0 Å². The number of hydrogen-bond acceptors (Lipinski definition) is 2. The Labute approximate surface area is 68.7 Å². The van der Waals surface area contributed by atoms with E-state index in [1.807, 2.05) is 0 Å². The van der Waals surface area contributed by atoms with Gasteiger partial charge in [0, 0.05) is 11.1 Å². The number of carboxylic acid groups (broad SMARTS) is 1. The molecule has 0 saturated carbocycles. The maximum Gasteiger partial charge on any atom is 0.332 e. The molecule has 0 radical (unpaired) electrons. The molecule has 0 saturated heterocycles. The molecule has 1 aliphatic carbocycles. The molecule has 0 fully saturated rings. The van der Waals surface area contributed by atoms with Crippen LogP contribution < -0.4 is 0 Å². The minimum absolute atomic E-state index is 0.185. The Balaban J connectivity index is 2.95. The molecule has 0 amide bonds. The van der Waals surface area contributed by atoms with Gasteiger partial charge in [-0.05, 0) is 30.9 Å². The summed E-state index contributed by atoms with van der Waals surface area (Å²) in [6.45, 7) is 0. The Bertz CT molecular complexity index is 218. The smallest absolute Gasteiger partial charge is 0.332 e. The van der Waals surface area contributed by atoms with E-state index in [0.717, 1.165) is 6.42 Å². The lowest BCUT2D eigenvalue weighted by Crippen LogP contribution is -2.02. The predicted octanol–water partition coefficient (Wildman–Crippen LogP) is 1.32. The molecule has 0 heterocycles. The largest absolute Gasteiger partial charge is 0.478 e. The molecular formula is C7H7ClO3. The lowest BCUT2D eigenvalue weighted by molar-refractivity contribution is -0.133. The molecule has 1 N–H and O–H groups in total. The van der Waals surface area contributed by atoms with E-state index in [-0.39, 0.29) is 11.1 Å². The highest BCUT2D eigenvalue weighted by atomic mass is 35.5. The summed E-state index contributed by atoms with van der Waals surface area (Å²) in [5, 5.41) is 7.94. The number of rotatable bonds is 2. The first kappa shape index (κ1) is 8.27. The van der Waals surface area contributed by atoms with Crippen molar-refractivity contribution in [2.45, 2.75) is 19.3 Å². The molecule has 4 heteroatoms. The van der Waals surface area contributed by atoms with Crippen molar-refractivity contribution in [2.24, 2.45) is 0 Å². The molecule has 1 rings (SSSR count). The molecule has 0 unspecified atom stereocenters. The van der Waals surface area contributed by atoms with Gasteiger partial charge in [-0.3, -0.25) is 4.79 Å². The normalized spacial score (nSPS) is 17.2. The molecule has 1 aliphatic rings. The Morgan fingerprint density at radius 1 is 1.27 bits per heavy atom. The second kappa shape index (κ2) is 3.05. The van der Waals surface area contributed by atoms with Crippen LogP contribution in [0.15, 0.2) is 11.1 Å². The van der Waals surface area contributed by atoms with Gasteiger partial charge in [-0.15, -0.1) is 0 Å². The van der Waals surface area contributed by atoms with Crippen molar-refractivity contribution >= 4 is 22.8 Å². The van der Waals surface area contributed by atoms with Crippen molar-refractivity contribution < 1.29 is 14.7 Å². The van der Waals surface area contributed by atoms with E-state index in [9.17, 15) is 9.59 Å². The molecule has 0 aromatic carbocycles. The number of carboxylic acids is 1. The quantitative estimate of drug-likeness (QED) is 0.643. The van der Waals surface area contributed by atoms with Gasteiger partial charge in [0.15, 0.2) is 0 Å². The van der Waals surface area contributed by atoms with Gasteiger partial charge in [0.1, 0.15) is 0 Å². The average molecular weight is 175 g/mol. The highest BCUT2D eigenvalue weighted by Crippen LogP contribution is 2.27. The summed E-state index contributed by atoms with van der Waals surface area (Å²) in [7, 11) is 0. The number of halogens is 1. The lowest BCUT2D eigenvalue weighted by Gasteiger charge is -1.94. The molecule has 11 heavy (non-hydrogen) atoms. The van der Waals surface area contributed by atoms with Gasteiger partial charge in [-0.1, -0.05) is 0 Å². The van der Waals surface area contributed by atoms with E-state index in [1.165, 1.54) is 0 Å². The summed E-state index contributed by atoms with van der Waals surface area (Å²) in [4.78, 5) is 21.1. The third-order valence-corrected chi connectivity index (χ3v) is 1.94. The molecule has 0 spiro atoms. The SMILES string of the molecule is O=C(O)C1=C(C(=O)Cl)CCC1. The van der Waals surface area contributed by atoms with Crippen molar-refractivity contribution in [1.82, 2.24) is 0 Å². The van der Waals surface area contributed by atoms with Crippen molar-refractivity contribution in [3.8, 4) is 0 Å². The van der Waals surface area contributed by atoms with Crippen molar-refractivity contribution in [3.63, 3.8) is 0 Å². The monoisotopic (exact) mass is 174 g/mol. The minimum atomic E-state index is -1.02. The van der Waals surface area contributed by atoms with Gasteiger partial charge in [-0.25, -0.2) is 4.79 Å². The Hall–Kier alpha value is -0.830.